The van der Waals surface area contributed by atoms with Crippen molar-refractivity contribution in [3.8, 4) is 0 Å². The van der Waals surface area contributed by atoms with Crippen molar-refractivity contribution in [2.75, 3.05) is 30.9 Å². The van der Waals surface area contributed by atoms with Crippen molar-refractivity contribution < 1.29 is 9.13 Å². The van der Waals surface area contributed by atoms with Gasteiger partial charge in [0.15, 0.2) is 11.6 Å². The van der Waals surface area contributed by atoms with E-state index in [1.807, 2.05) is 13.8 Å². The first-order valence-corrected chi connectivity index (χ1v) is 5.69. The molecule has 0 saturated carbocycles. The Labute approximate surface area is 101 Å². The predicted molar refractivity (Wildman–Crippen MR) is 65.7 cm³/mol. The zero-order valence-corrected chi connectivity index (χ0v) is 10.5. The molecule has 1 aromatic rings. The van der Waals surface area contributed by atoms with E-state index in [-0.39, 0.29) is 11.9 Å². The van der Waals surface area contributed by atoms with Gasteiger partial charge in [-0.1, -0.05) is 6.92 Å². The molecule has 1 unspecified atom stereocenters. The van der Waals surface area contributed by atoms with Gasteiger partial charge in [0, 0.05) is 19.7 Å². The lowest BCUT2D eigenvalue weighted by atomic mass is 10.3. The van der Waals surface area contributed by atoms with Gasteiger partial charge in [-0.3, -0.25) is 0 Å². The summed E-state index contributed by atoms with van der Waals surface area (Å²) in [7, 11) is 1.60. The van der Waals surface area contributed by atoms with Gasteiger partial charge in [-0.15, -0.1) is 0 Å². The second-order valence-electron chi connectivity index (χ2n) is 3.82. The third-order valence-electron chi connectivity index (χ3n) is 2.08. The molecule has 1 atom stereocenters. The number of nitrogens with one attached hydrogen (secondary N) is 2. The first kappa shape index (κ1) is 13.6. The standard InChI is InChI=1S/C11H19FN4O/c1-4-5-13-11-14-6-9(12)10(16-11)15-8(2)7-17-3/h6,8H,4-5,7H2,1-3H3,(H2,13,14,15,16). The van der Waals surface area contributed by atoms with Crippen molar-refractivity contribution in [3.05, 3.63) is 12.0 Å². The van der Waals surface area contributed by atoms with Gasteiger partial charge in [-0.25, -0.2) is 9.37 Å². The molecular formula is C11H19FN4O. The number of halogens is 1. The van der Waals surface area contributed by atoms with E-state index in [2.05, 4.69) is 20.6 Å². The monoisotopic (exact) mass is 242 g/mol. The number of methoxy groups -OCH3 is 1. The molecule has 0 aliphatic rings. The fourth-order valence-corrected chi connectivity index (χ4v) is 1.32. The number of rotatable bonds is 7. The minimum atomic E-state index is -0.463. The lowest BCUT2D eigenvalue weighted by molar-refractivity contribution is 0.190. The van der Waals surface area contributed by atoms with Gasteiger partial charge < -0.3 is 15.4 Å². The summed E-state index contributed by atoms with van der Waals surface area (Å²) in [6, 6.07) is -0.0107. The van der Waals surface area contributed by atoms with Crippen LogP contribution >= 0.6 is 0 Å². The molecule has 96 valence electrons. The van der Waals surface area contributed by atoms with Crippen LogP contribution in [0.5, 0.6) is 0 Å². The molecule has 0 aromatic carbocycles. The number of aromatic nitrogens is 2. The molecule has 0 aliphatic heterocycles. The topological polar surface area (TPSA) is 59.1 Å². The van der Waals surface area contributed by atoms with Crippen LogP contribution < -0.4 is 10.6 Å². The second kappa shape index (κ2) is 7.01. The summed E-state index contributed by atoms with van der Waals surface area (Å²) >= 11 is 0. The number of hydrogen-bond acceptors (Lipinski definition) is 5. The van der Waals surface area contributed by atoms with Crippen molar-refractivity contribution in [3.63, 3.8) is 0 Å². The Kier molecular flexibility index (Phi) is 5.62. The lowest BCUT2D eigenvalue weighted by Crippen LogP contribution is -2.22. The van der Waals surface area contributed by atoms with E-state index in [0.717, 1.165) is 19.2 Å². The van der Waals surface area contributed by atoms with Crippen LogP contribution in [0, 0.1) is 5.82 Å². The summed E-state index contributed by atoms with van der Waals surface area (Å²) in [5.41, 5.74) is 0. The van der Waals surface area contributed by atoms with Gasteiger partial charge in [-0.2, -0.15) is 4.98 Å². The minimum absolute atomic E-state index is 0.0107. The maximum atomic E-state index is 13.4. The van der Waals surface area contributed by atoms with Crippen molar-refractivity contribution in [2.24, 2.45) is 0 Å². The molecule has 6 heteroatoms. The van der Waals surface area contributed by atoms with Crippen LogP contribution in [-0.2, 0) is 4.74 Å². The van der Waals surface area contributed by atoms with E-state index < -0.39 is 5.82 Å². The molecule has 1 rings (SSSR count). The summed E-state index contributed by atoms with van der Waals surface area (Å²) < 4.78 is 18.4. The van der Waals surface area contributed by atoms with Crippen molar-refractivity contribution in [1.29, 1.82) is 0 Å². The van der Waals surface area contributed by atoms with Gasteiger partial charge in [0.25, 0.3) is 0 Å². The third-order valence-corrected chi connectivity index (χ3v) is 2.08. The van der Waals surface area contributed by atoms with Crippen LogP contribution in [0.25, 0.3) is 0 Å². The van der Waals surface area contributed by atoms with Crippen molar-refractivity contribution in [1.82, 2.24) is 9.97 Å². The van der Waals surface area contributed by atoms with Crippen molar-refractivity contribution in [2.45, 2.75) is 26.3 Å². The van der Waals surface area contributed by atoms with Crippen molar-refractivity contribution >= 4 is 11.8 Å². The average Bonchev–Trinajstić information content (AvgIpc) is 2.30. The molecule has 17 heavy (non-hydrogen) atoms. The molecule has 5 nitrogen and oxygen atoms in total. The van der Waals surface area contributed by atoms with Gasteiger partial charge in [0.1, 0.15) is 0 Å². The summed E-state index contributed by atoms with van der Waals surface area (Å²) in [5, 5.41) is 5.94. The zero-order valence-electron chi connectivity index (χ0n) is 10.5. The average molecular weight is 242 g/mol. The van der Waals surface area contributed by atoms with E-state index in [1.54, 1.807) is 7.11 Å². The molecule has 0 saturated heterocycles. The molecule has 0 radical (unpaired) electrons. The normalized spacial score (nSPS) is 12.2. The summed E-state index contributed by atoms with van der Waals surface area (Å²) in [5.74, 6) is 0.165. The molecule has 0 spiro atoms. The number of nitrogens with zero attached hydrogens (tertiary/aromatic N) is 2. The Morgan fingerprint density at radius 3 is 2.94 bits per heavy atom. The fourth-order valence-electron chi connectivity index (χ4n) is 1.32. The Morgan fingerprint density at radius 1 is 1.53 bits per heavy atom. The largest absolute Gasteiger partial charge is 0.383 e. The molecule has 0 bridgehead atoms. The highest BCUT2D eigenvalue weighted by Crippen LogP contribution is 2.13. The summed E-state index contributed by atoms with van der Waals surface area (Å²) in [6.45, 7) is 5.18. The van der Waals surface area contributed by atoms with Gasteiger partial charge in [0.05, 0.1) is 12.8 Å². The second-order valence-corrected chi connectivity index (χ2v) is 3.82. The van der Waals surface area contributed by atoms with E-state index in [9.17, 15) is 4.39 Å². The highest BCUT2D eigenvalue weighted by atomic mass is 19.1. The summed E-state index contributed by atoms with van der Waals surface area (Å²) in [6.07, 6.45) is 2.12. The Balaban J connectivity index is 2.68. The van der Waals surface area contributed by atoms with E-state index >= 15 is 0 Å². The molecule has 0 amide bonds. The molecule has 0 aliphatic carbocycles. The SMILES string of the molecule is CCCNc1ncc(F)c(NC(C)COC)n1. The fraction of sp³-hybridized carbons (Fsp3) is 0.636. The molecule has 0 fully saturated rings. The Morgan fingerprint density at radius 2 is 2.29 bits per heavy atom. The van der Waals surface area contributed by atoms with E-state index in [4.69, 9.17) is 4.74 Å². The van der Waals surface area contributed by atoms with Gasteiger partial charge in [0.2, 0.25) is 5.95 Å². The van der Waals surface area contributed by atoms with Gasteiger partial charge >= 0.3 is 0 Å². The number of anilines is 2. The first-order chi connectivity index (χ1) is 8.17. The smallest absolute Gasteiger partial charge is 0.224 e. The van der Waals surface area contributed by atoms with Gasteiger partial charge in [-0.05, 0) is 13.3 Å². The predicted octanol–water partition coefficient (Wildman–Crippen LogP) is 1.88. The number of hydrogen-bond donors (Lipinski definition) is 2. The number of ether oxygens (including phenoxy) is 1. The minimum Gasteiger partial charge on any atom is -0.383 e. The quantitative estimate of drug-likeness (QED) is 0.764. The summed E-state index contributed by atoms with van der Waals surface area (Å²) in [4.78, 5) is 7.93. The van der Waals surface area contributed by atoms with Crippen LogP contribution in [0.15, 0.2) is 6.20 Å². The molecular weight excluding hydrogens is 223 g/mol. The highest BCUT2D eigenvalue weighted by Gasteiger charge is 2.09. The Bertz CT molecular complexity index is 348. The van der Waals surface area contributed by atoms with Crippen LogP contribution in [0.1, 0.15) is 20.3 Å². The maximum Gasteiger partial charge on any atom is 0.224 e. The maximum absolute atomic E-state index is 13.4. The van der Waals surface area contributed by atoms with Crippen LogP contribution in [0.2, 0.25) is 0 Å². The molecule has 1 heterocycles. The Hall–Kier alpha value is -1.43. The van der Waals surface area contributed by atoms with E-state index in [1.165, 1.54) is 0 Å². The zero-order chi connectivity index (χ0) is 12.7. The van der Waals surface area contributed by atoms with Crippen LogP contribution in [0.4, 0.5) is 16.2 Å². The highest BCUT2D eigenvalue weighted by molar-refractivity contribution is 5.41. The van der Waals surface area contributed by atoms with Crippen LogP contribution in [-0.4, -0.2) is 36.3 Å². The van der Waals surface area contributed by atoms with Crippen LogP contribution in [0.3, 0.4) is 0 Å². The molecule has 1 aromatic heterocycles. The van der Waals surface area contributed by atoms with E-state index in [0.29, 0.717) is 12.6 Å². The first-order valence-electron chi connectivity index (χ1n) is 5.69. The molecule has 2 N–H and O–H groups in total. The lowest BCUT2D eigenvalue weighted by Gasteiger charge is -2.14. The third kappa shape index (κ3) is 4.52.